The van der Waals surface area contributed by atoms with E-state index in [2.05, 4.69) is 5.32 Å². The Bertz CT molecular complexity index is 1050. The van der Waals surface area contributed by atoms with Gasteiger partial charge in [-0.3, -0.25) is 9.59 Å². The van der Waals surface area contributed by atoms with Crippen LogP contribution in [0.25, 0.3) is 0 Å². The van der Waals surface area contributed by atoms with E-state index in [0.29, 0.717) is 11.4 Å². The first-order valence-corrected chi connectivity index (χ1v) is 12.6. The second-order valence-electron chi connectivity index (χ2n) is 8.31. The van der Waals surface area contributed by atoms with Gasteiger partial charge < -0.3 is 10.2 Å². The van der Waals surface area contributed by atoms with Gasteiger partial charge in [0.15, 0.2) is 0 Å². The van der Waals surface area contributed by atoms with E-state index in [1.807, 2.05) is 52.0 Å². The lowest BCUT2D eigenvalue weighted by Crippen LogP contribution is -2.52. The Balaban J connectivity index is 2.31. The van der Waals surface area contributed by atoms with Gasteiger partial charge in [-0.15, -0.1) is 0 Å². The molecule has 0 heterocycles. The minimum absolute atomic E-state index is 0.0388. The minimum atomic E-state index is -3.91. The number of likely N-dealkylation sites (N-methyl/N-ethyl adjacent to an activating group) is 1. The van der Waals surface area contributed by atoms with E-state index in [-0.39, 0.29) is 23.4 Å². The maximum atomic E-state index is 13.4. The molecule has 0 radical (unpaired) electrons. The number of carbonyl (C=O) groups is 2. The Morgan fingerprint density at radius 1 is 1.03 bits per heavy atom. The second-order valence-corrected chi connectivity index (χ2v) is 10.8. The van der Waals surface area contributed by atoms with Gasteiger partial charge in [0.1, 0.15) is 6.04 Å². The molecule has 0 saturated heterocycles. The van der Waals surface area contributed by atoms with Gasteiger partial charge >= 0.3 is 0 Å². The van der Waals surface area contributed by atoms with Gasteiger partial charge in [0.2, 0.25) is 21.8 Å². The fourth-order valence-corrected chi connectivity index (χ4v) is 4.59. The molecule has 2 aromatic rings. The zero-order valence-corrected chi connectivity index (χ0v) is 21.3. The summed E-state index contributed by atoms with van der Waals surface area (Å²) in [6, 6.07) is 12.6. The number of benzene rings is 2. The van der Waals surface area contributed by atoms with Crippen LogP contribution in [0.2, 0.25) is 5.02 Å². The first kappa shape index (κ1) is 26.8. The van der Waals surface area contributed by atoms with E-state index in [4.69, 9.17) is 11.6 Å². The molecule has 0 fully saturated rings. The van der Waals surface area contributed by atoms with Crippen LogP contribution in [-0.2, 0) is 26.2 Å². The third kappa shape index (κ3) is 7.28. The highest BCUT2D eigenvalue weighted by atomic mass is 35.5. The summed E-state index contributed by atoms with van der Waals surface area (Å²) in [7, 11) is -2.56. The van der Waals surface area contributed by atoms with Gasteiger partial charge in [-0.2, -0.15) is 4.31 Å². The van der Waals surface area contributed by atoms with E-state index in [1.54, 1.807) is 0 Å². The fraction of sp³-hybridized carbons (Fsp3) is 0.417. The minimum Gasteiger partial charge on any atom is -0.352 e. The van der Waals surface area contributed by atoms with Crippen molar-refractivity contribution < 1.29 is 18.0 Å². The number of nitrogens with zero attached hydrogens (tertiary/aromatic N) is 2. The van der Waals surface area contributed by atoms with Gasteiger partial charge in [0.05, 0.1) is 11.4 Å². The van der Waals surface area contributed by atoms with Crippen molar-refractivity contribution in [2.75, 3.05) is 13.6 Å². The number of rotatable bonds is 10. The quantitative estimate of drug-likeness (QED) is 0.547. The normalized spacial score (nSPS) is 12.6. The summed E-state index contributed by atoms with van der Waals surface area (Å²) >= 11 is 5.86. The number of hydrogen-bond acceptors (Lipinski definition) is 4. The molecule has 0 unspecified atom stereocenters. The first-order chi connectivity index (χ1) is 15.4. The number of aryl methyl sites for hydroxylation is 1. The van der Waals surface area contributed by atoms with Gasteiger partial charge in [-0.05, 0) is 57.0 Å². The Kier molecular flexibility index (Phi) is 9.46. The van der Waals surface area contributed by atoms with Crippen molar-refractivity contribution in [2.24, 2.45) is 0 Å². The Morgan fingerprint density at radius 3 is 2.12 bits per heavy atom. The van der Waals surface area contributed by atoms with Crippen LogP contribution in [0.1, 0.15) is 38.3 Å². The first-order valence-electron chi connectivity index (χ1n) is 10.8. The van der Waals surface area contributed by atoms with Crippen LogP contribution in [0, 0.1) is 6.92 Å². The van der Waals surface area contributed by atoms with Crippen LogP contribution in [0.5, 0.6) is 0 Å². The zero-order chi connectivity index (χ0) is 24.8. The van der Waals surface area contributed by atoms with Crippen LogP contribution in [0.4, 0.5) is 0 Å². The average molecular weight is 494 g/mol. The molecule has 0 bridgehead atoms. The molecule has 2 rings (SSSR count). The summed E-state index contributed by atoms with van der Waals surface area (Å²) in [5, 5.41) is 3.28. The number of halogens is 1. The Hall–Kier alpha value is -2.42. The topological polar surface area (TPSA) is 86.8 Å². The van der Waals surface area contributed by atoms with Crippen LogP contribution in [0.15, 0.2) is 53.4 Å². The molecule has 1 N–H and O–H groups in total. The molecule has 2 aromatic carbocycles. The maximum absolute atomic E-state index is 13.4. The average Bonchev–Trinajstić information content (AvgIpc) is 2.74. The smallest absolute Gasteiger partial charge is 0.243 e. The van der Waals surface area contributed by atoms with E-state index < -0.39 is 28.5 Å². The van der Waals surface area contributed by atoms with Crippen molar-refractivity contribution in [1.29, 1.82) is 0 Å². The third-order valence-electron chi connectivity index (χ3n) is 5.17. The number of nitrogens with one attached hydrogen (secondary N) is 1. The lowest BCUT2D eigenvalue weighted by molar-refractivity contribution is -0.141. The highest BCUT2D eigenvalue weighted by molar-refractivity contribution is 7.89. The standard InChI is InChI=1S/C24H32ClN3O4S/c1-6-22(24(30)26-17(2)3)28(15-19-9-7-18(4)8-10-19)23(29)16-27(5)33(31,32)21-13-11-20(25)12-14-21/h7-14,17,22H,6,15-16H2,1-5H3,(H,26,30)/t22-/m0/s1. The van der Waals surface area contributed by atoms with Gasteiger partial charge in [0.25, 0.3) is 0 Å². The van der Waals surface area contributed by atoms with Crippen LogP contribution < -0.4 is 5.32 Å². The molecule has 1 atom stereocenters. The summed E-state index contributed by atoms with van der Waals surface area (Å²) in [5.41, 5.74) is 1.93. The zero-order valence-electron chi connectivity index (χ0n) is 19.7. The summed E-state index contributed by atoms with van der Waals surface area (Å²) in [4.78, 5) is 27.7. The molecule has 9 heteroatoms. The van der Waals surface area contributed by atoms with Crippen molar-refractivity contribution in [1.82, 2.24) is 14.5 Å². The van der Waals surface area contributed by atoms with Crippen LogP contribution in [-0.4, -0.2) is 55.1 Å². The molecule has 0 saturated carbocycles. The lowest BCUT2D eigenvalue weighted by atomic mass is 10.1. The molecule has 0 aliphatic rings. The van der Waals surface area contributed by atoms with E-state index in [9.17, 15) is 18.0 Å². The predicted molar refractivity (Wildman–Crippen MR) is 130 cm³/mol. The maximum Gasteiger partial charge on any atom is 0.243 e. The van der Waals surface area contributed by atoms with E-state index in [0.717, 1.165) is 15.4 Å². The molecule has 180 valence electrons. The number of sulfonamides is 1. The summed E-state index contributed by atoms with van der Waals surface area (Å²) in [6.07, 6.45) is 0.393. The summed E-state index contributed by atoms with van der Waals surface area (Å²) < 4.78 is 26.9. The SMILES string of the molecule is CC[C@@H](C(=O)NC(C)C)N(Cc1ccc(C)cc1)C(=O)CN(C)S(=O)(=O)c1ccc(Cl)cc1. The molecule has 0 spiro atoms. The molecule has 0 aromatic heterocycles. The largest absolute Gasteiger partial charge is 0.352 e. The third-order valence-corrected chi connectivity index (χ3v) is 7.24. The van der Waals surface area contributed by atoms with Crippen molar-refractivity contribution >= 4 is 33.4 Å². The van der Waals surface area contributed by atoms with Gasteiger partial charge in [-0.1, -0.05) is 48.4 Å². The van der Waals surface area contributed by atoms with Crippen molar-refractivity contribution in [3.63, 3.8) is 0 Å². The molecule has 33 heavy (non-hydrogen) atoms. The van der Waals surface area contributed by atoms with E-state index >= 15 is 0 Å². The predicted octanol–water partition coefficient (Wildman–Crippen LogP) is 3.60. The Labute approximate surface area is 201 Å². The number of carbonyl (C=O) groups excluding carboxylic acids is 2. The Morgan fingerprint density at radius 2 is 1.61 bits per heavy atom. The van der Waals surface area contributed by atoms with Gasteiger partial charge in [-0.25, -0.2) is 8.42 Å². The summed E-state index contributed by atoms with van der Waals surface area (Å²) in [6.45, 7) is 7.29. The number of hydrogen-bond donors (Lipinski definition) is 1. The van der Waals surface area contributed by atoms with Crippen LogP contribution in [0.3, 0.4) is 0 Å². The molecule has 0 aliphatic carbocycles. The lowest BCUT2D eigenvalue weighted by Gasteiger charge is -2.32. The number of amides is 2. The molecular weight excluding hydrogens is 462 g/mol. The monoisotopic (exact) mass is 493 g/mol. The van der Waals surface area contributed by atoms with E-state index in [1.165, 1.54) is 36.2 Å². The highest BCUT2D eigenvalue weighted by Crippen LogP contribution is 2.19. The summed E-state index contributed by atoms with van der Waals surface area (Å²) in [5.74, 6) is -0.724. The highest BCUT2D eigenvalue weighted by Gasteiger charge is 2.32. The van der Waals surface area contributed by atoms with Crippen molar-refractivity contribution in [2.45, 2.75) is 57.6 Å². The molecule has 0 aliphatic heterocycles. The molecule has 7 nitrogen and oxygen atoms in total. The van der Waals surface area contributed by atoms with Crippen LogP contribution >= 0.6 is 11.6 Å². The molecular formula is C24H32ClN3O4S. The van der Waals surface area contributed by atoms with Crippen molar-refractivity contribution in [3.05, 3.63) is 64.7 Å². The van der Waals surface area contributed by atoms with Gasteiger partial charge in [0, 0.05) is 24.7 Å². The molecule has 2 amide bonds. The second kappa shape index (κ2) is 11.6. The fourth-order valence-electron chi connectivity index (χ4n) is 3.34. The van der Waals surface area contributed by atoms with Crippen molar-refractivity contribution in [3.8, 4) is 0 Å².